The Hall–Kier alpha value is -1.80. The maximum Gasteiger partial charge on any atom is 0.185 e. The monoisotopic (exact) mass is 377 g/mol. The Labute approximate surface area is 160 Å². The van der Waals surface area contributed by atoms with Crippen LogP contribution in [0, 0.1) is 0 Å². The number of rotatable bonds is 12. The summed E-state index contributed by atoms with van der Waals surface area (Å²) < 4.78 is 22.6. The number of ether oxygens (including phenoxy) is 4. The van der Waals surface area contributed by atoms with Crippen LogP contribution in [-0.2, 0) is 32.2 Å². The smallest absolute Gasteiger partial charge is 0.185 e. The quantitative estimate of drug-likeness (QED) is 0.436. The van der Waals surface area contributed by atoms with Crippen molar-refractivity contribution in [2.45, 2.75) is 37.8 Å². The highest BCUT2D eigenvalue weighted by Gasteiger charge is 2.36. The van der Waals surface area contributed by atoms with Crippen molar-refractivity contribution >= 4 is 0 Å². The molecular weight excluding hydrogens is 349 g/mol. The summed E-state index contributed by atoms with van der Waals surface area (Å²) in [6.45, 7) is 0.0801. The van der Waals surface area contributed by atoms with E-state index in [1.807, 2.05) is 60.7 Å². The van der Waals surface area contributed by atoms with Crippen LogP contribution in [0.15, 0.2) is 60.7 Å². The molecule has 27 heavy (non-hydrogen) atoms. The van der Waals surface area contributed by atoms with Gasteiger partial charge in [-0.05, 0) is 11.1 Å². The molecule has 0 fully saturated rings. The van der Waals surface area contributed by atoms with Gasteiger partial charge in [0.05, 0.1) is 19.8 Å². The van der Waals surface area contributed by atoms with Crippen LogP contribution < -0.4 is 0 Å². The summed E-state index contributed by atoms with van der Waals surface area (Å²) in [4.78, 5) is 0. The van der Waals surface area contributed by atoms with Crippen molar-refractivity contribution in [3.63, 3.8) is 0 Å². The molecule has 0 aliphatic rings. The van der Waals surface area contributed by atoms with E-state index in [1.165, 1.54) is 14.2 Å². The molecule has 0 saturated heterocycles. The lowest BCUT2D eigenvalue weighted by molar-refractivity contribution is -0.237. The van der Waals surface area contributed by atoms with Crippen LogP contribution in [0.2, 0.25) is 0 Å². The topological polar surface area (TPSA) is 77.4 Å². The van der Waals surface area contributed by atoms with E-state index in [2.05, 4.69) is 0 Å². The van der Waals surface area contributed by atoms with Gasteiger partial charge in [0, 0.05) is 14.2 Å². The largest absolute Gasteiger partial charge is 0.394 e. The fraction of sp³-hybridized carbons (Fsp3) is 0.429. The van der Waals surface area contributed by atoms with Crippen molar-refractivity contribution in [3.8, 4) is 0 Å². The number of benzene rings is 2. The summed E-state index contributed by atoms with van der Waals surface area (Å²) in [7, 11) is 2.99. The van der Waals surface area contributed by atoms with E-state index in [0.29, 0.717) is 0 Å². The van der Waals surface area contributed by atoms with E-state index in [4.69, 9.17) is 18.9 Å². The van der Waals surface area contributed by atoms with E-state index < -0.39 is 31.2 Å². The van der Waals surface area contributed by atoms with Crippen molar-refractivity contribution in [3.05, 3.63) is 71.8 Å². The lowest BCUT2D eigenvalue weighted by atomic mass is 10.1. The van der Waals surface area contributed by atoms with Gasteiger partial charge in [-0.2, -0.15) is 0 Å². The fourth-order valence-electron chi connectivity index (χ4n) is 2.75. The zero-order valence-corrected chi connectivity index (χ0v) is 15.7. The van der Waals surface area contributed by atoms with E-state index >= 15 is 0 Å². The highest BCUT2D eigenvalue weighted by atomic mass is 16.7. The molecule has 0 unspecified atom stereocenters. The lowest BCUT2D eigenvalue weighted by Crippen LogP contribution is -2.50. The third-order valence-electron chi connectivity index (χ3n) is 4.19. The van der Waals surface area contributed by atoms with Crippen molar-refractivity contribution < 1.29 is 29.2 Å². The van der Waals surface area contributed by atoms with Gasteiger partial charge >= 0.3 is 0 Å². The molecule has 0 aliphatic heterocycles. The van der Waals surface area contributed by atoms with Crippen LogP contribution in [0.25, 0.3) is 0 Å². The minimum atomic E-state index is -1.15. The number of hydrogen-bond donors (Lipinski definition) is 2. The molecule has 0 heterocycles. The van der Waals surface area contributed by atoms with Gasteiger partial charge in [0.15, 0.2) is 6.29 Å². The number of aliphatic hydroxyl groups excluding tert-OH is 2. The van der Waals surface area contributed by atoms with Gasteiger partial charge in [0.25, 0.3) is 0 Å². The SMILES string of the molecule is COC(OC)[C@H](OCc1ccccc1)[C@H](OCc1ccccc1)[C@H](O)[13CH2]O. The Morgan fingerprint density at radius 2 is 1.19 bits per heavy atom. The Morgan fingerprint density at radius 3 is 1.59 bits per heavy atom. The van der Waals surface area contributed by atoms with Gasteiger partial charge in [0.2, 0.25) is 0 Å². The van der Waals surface area contributed by atoms with E-state index in [9.17, 15) is 10.2 Å². The number of methoxy groups -OCH3 is 2. The molecule has 6 nitrogen and oxygen atoms in total. The van der Waals surface area contributed by atoms with Crippen molar-refractivity contribution in [1.29, 1.82) is 0 Å². The third-order valence-corrected chi connectivity index (χ3v) is 4.19. The van der Waals surface area contributed by atoms with Crippen molar-refractivity contribution in [2.24, 2.45) is 0 Å². The molecule has 0 aromatic heterocycles. The Kier molecular flexibility index (Phi) is 9.41. The van der Waals surface area contributed by atoms with Gasteiger partial charge in [-0.15, -0.1) is 0 Å². The van der Waals surface area contributed by atoms with Gasteiger partial charge in [-0.3, -0.25) is 0 Å². The second-order valence-electron chi connectivity index (χ2n) is 6.11. The zero-order valence-electron chi connectivity index (χ0n) is 15.7. The average molecular weight is 377 g/mol. The van der Waals surface area contributed by atoms with Gasteiger partial charge in [-0.25, -0.2) is 0 Å². The first-order chi connectivity index (χ1) is 13.2. The van der Waals surface area contributed by atoms with Crippen LogP contribution in [-0.4, -0.2) is 55.6 Å². The molecule has 2 aromatic rings. The molecule has 0 radical (unpaired) electrons. The van der Waals surface area contributed by atoms with Crippen LogP contribution in [0.1, 0.15) is 11.1 Å². The second kappa shape index (κ2) is 11.8. The lowest BCUT2D eigenvalue weighted by Gasteiger charge is -2.34. The molecule has 0 spiro atoms. The molecule has 2 aromatic carbocycles. The maximum atomic E-state index is 10.3. The Morgan fingerprint density at radius 1 is 0.741 bits per heavy atom. The Balaban J connectivity index is 2.14. The van der Waals surface area contributed by atoms with Gasteiger partial charge in [0.1, 0.15) is 18.3 Å². The average Bonchev–Trinajstić information content (AvgIpc) is 2.73. The highest BCUT2D eigenvalue weighted by molar-refractivity contribution is 5.14. The molecule has 0 bridgehead atoms. The first-order valence-corrected chi connectivity index (χ1v) is 8.85. The second-order valence-corrected chi connectivity index (χ2v) is 6.11. The molecule has 0 aliphatic carbocycles. The van der Waals surface area contributed by atoms with Gasteiger partial charge in [-0.1, -0.05) is 60.7 Å². The minimum absolute atomic E-state index is 0.258. The Bertz CT molecular complexity index is 617. The third kappa shape index (κ3) is 6.70. The number of hydrogen-bond acceptors (Lipinski definition) is 6. The van der Waals surface area contributed by atoms with Crippen LogP contribution >= 0.6 is 0 Å². The van der Waals surface area contributed by atoms with Crippen molar-refractivity contribution in [2.75, 3.05) is 20.8 Å². The van der Waals surface area contributed by atoms with Crippen LogP contribution in [0.4, 0.5) is 0 Å². The molecule has 3 atom stereocenters. The standard InChI is InChI=1S/C21H28O6/c1-24-21(25-2)20(27-15-17-11-7-4-8-12-17)19(18(23)13-22)26-14-16-9-5-3-6-10-16/h3-12,18-23H,13-15H2,1-2H3/t18-,19-,20-/m1/s1/i13+1. The van der Waals surface area contributed by atoms with Crippen LogP contribution in [0.3, 0.4) is 0 Å². The predicted molar refractivity (Wildman–Crippen MR) is 101 cm³/mol. The van der Waals surface area contributed by atoms with Crippen molar-refractivity contribution in [1.82, 2.24) is 0 Å². The number of aliphatic hydroxyl groups is 2. The summed E-state index contributed by atoms with van der Waals surface area (Å²) in [5.74, 6) is 0. The van der Waals surface area contributed by atoms with E-state index in [0.717, 1.165) is 11.1 Å². The molecule has 2 N–H and O–H groups in total. The summed E-state index contributed by atoms with van der Waals surface area (Å²) in [5.41, 5.74) is 1.91. The first-order valence-electron chi connectivity index (χ1n) is 8.85. The van der Waals surface area contributed by atoms with E-state index in [1.54, 1.807) is 0 Å². The highest BCUT2D eigenvalue weighted by Crippen LogP contribution is 2.19. The molecule has 0 amide bonds. The summed E-state index contributed by atoms with van der Waals surface area (Å²) >= 11 is 0. The maximum absolute atomic E-state index is 10.3. The van der Waals surface area contributed by atoms with Gasteiger partial charge < -0.3 is 29.2 Å². The van der Waals surface area contributed by atoms with E-state index in [-0.39, 0.29) is 13.2 Å². The molecular formula is C21H28O6. The molecule has 148 valence electrons. The normalized spacial score (nSPS) is 14.9. The van der Waals surface area contributed by atoms with Crippen LogP contribution in [0.5, 0.6) is 0 Å². The summed E-state index contributed by atoms with van der Waals surface area (Å²) in [6.07, 6.45) is -3.51. The molecule has 2 rings (SSSR count). The summed E-state index contributed by atoms with van der Waals surface area (Å²) in [5, 5.41) is 19.8. The molecule has 6 heteroatoms. The predicted octanol–water partition coefficient (Wildman–Crippen LogP) is 2.13. The minimum Gasteiger partial charge on any atom is -0.394 e. The zero-order chi connectivity index (χ0) is 19.5. The first kappa shape index (κ1) is 21.5. The molecule has 0 saturated carbocycles. The summed E-state index contributed by atoms with van der Waals surface area (Å²) in [6, 6.07) is 19.2. The fourth-order valence-corrected chi connectivity index (χ4v) is 2.75.